The molecule has 0 saturated heterocycles. The van der Waals surface area contributed by atoms with E-state index in [4.69, 9.17) is 5.11 Å². The third kappa shape index (κ3) is 6.74. The van der Waals surface area contributed by atoms with Gasteiger partial charge in [0.1, 0.15) is 6.04 Å². The van der Waals surface area contributed by atoms with Crippen LogP contribution < -0.4 is 9.44 Å². The van der Waals surface area contributed by atoms with Crippen molar-refractivity contribution in [1.82, 2.24) is 9.44 Å². The standard InChI is InChI=1S/C8H16N2O6S/c1-3-5-6(7(11)12)9-17(14,15)10-8(13)16-4-2/h6,9H,3-5H2,1-2H3,(H,10,13)(H,11,12)/t6-/m0/s1. The Morgan fingerprint density at radius 2 is 1.94 bits per heavy atom. The first kappa shape index (κ1) is 15.7. The molecule has 0 aromatic carbocycles. The fourth-order valence-corrected chi connectivity index (χ4v) is 1.94. The van der Waals surface area contributed by atoms with Gasteiger partial charge in [0, 0.05) is 0 Å². The van der Waals surface area contributed by atoms with Crippen molar-refractivity contribution in [2.45, 2.75) is 32.7 Å². The van der Waals surface area contributed by atoms with Crippen LogP contribution in [0.25, 0.3) is 0 Å². The van der Waals surface area contributed by atoms with Crippen molar-refractivity contribution in [2.24, 2.45) is 0 Å². The van der Waals surface area contributed by atoms with Gasteiger partial charge < -0.3 is 9.84 Å². The van der Waals surface area contributed by atoms with Crippen LogP contribution in [0.1, 0.15) is 26.7 Å². The van der Waals surface area contributed by atoms with E-state index < -0.39 is 28.3 Å². The molecule has 0 aliphatic carbocycles. The Morgan fingerprint density at radius 3 is 2.35 bits per heavy atom. The molecule has 0 aromatic rings. The molecule has 0 spiro atoms. The van der Waals surface area contributed by atoms with Crippen molar-refractivity contribution in [3.8, 4) is 0 Å². The topological polar surface area (TPSA) is 122 Å². The number of carbonyl (C=O) groups excluding carboxylic acids is 1. The van der Waals surface area contributed by atoms with Crippen LogP contribution in [-0.2, 0) is 19.7 Å². The summed E-state index contributed by atoms with van der Waals surface area (Å²) in [5.74, 6) is -1.30. The summed E-state index contributed by atoms with van der Waals surface area (Å²) in [5, 5.41) is 8.73. The molecule has 0 aliphatic heterocycles. The largest absolute Gasteiger partial charge is 0.480 e. The molecular weight excluding hydrogens is 252 g/mol. The molecule has 0 saturated carbocycles. The summed E-state index contributed by atoms with van der Waals surface area (Å²) >= 11 is 0. The minimum atomic E-state index is -4.22. The predicted octanol–water partition coefficient (Wildman–Crippen LogP) is -0.180. The maximum absolute atomic E-state index is 11.3. The van der Waals surface area contributed by atoms with Crippen LogP contribution in [-0.4, -0.2) is 38.2 Å². The van der Waals surface area contributed by atoms with Crippen LogP contribution in [0.4, 0.5) is 4.79 Å². The molecule has 1 atom stereocenters. The molecule has 0 aromatic heterocycles. The average molecular weight is 268 g/mol. The maximum atomic E-state index is 11.3. The fraction of sp³-hybridized carbons (Fsp3) is 0.750. The highest BCUT2D eigenvalue weighted by molar-refractivity contribution is 7.88. The van der Waals surface area contributed by atoms with E-state index in [9.17, 15) is 18.0 Å². The highest BCUT2D eigenvalue weighted by Crippen LogP contribution is 1.98. The molecule has 0 rings (SSSR count). The second-order valence-electron chi connectivity index (χ2n) is 3.12. The second kappa shape index (κ2) is 7.07. The number of ether oxygens (including phenoxy) is 1. The number of nitrogens with one attached hydrogen (secondary N) is 2. The summed E-state index contributed by atoms with van der Waals surface area (Å²) in [7, 11) is -4.22. The van der Waals surface area contributed by atoms with Crippen molar-refractivity contribution in [3.63, 3.8) is 0 Å². The first-order valence-electron chi connectivity index (χ1n) is 5.02. The van der Waals surface area contributed by atoms with Gasteiger partial charge in [0.05, 0.1) is 6.61 Å². The van der Waals surface area contributed by atoms with Gasteiger partial charge >= 0.3 is 22.3 Å². The van der Waals surface area contributed by atoms with Crippen LogP contribution in [0.3, 0.4) is 0 Å². The van der Waals surface area contributed by atoms with Crippen LogP contribution in [0.5, 0.6) is 0 Å². The molecule has 0 heterocycles. The highest BCUT2D eigenvalue weighted by Gasteiger charge is 2.24. The van der Waals surface area contributed by atoms with Gasteiger partial charge in [0.15, 0.2) is 0 Å². The van der Waals surface area contributed by atoms with Gasteiger partial charge in [0.25, 0.3) is 0 Å². The number of rotatable bonds is 7. The van der Waals surface area contributed by atoms with E-state index in [0.29, 0.717) is 6.42 Å². The molecule has 0 fully saturated rings. The van der Waals surface area contributed by atoms with Gasteiger partial charge in [-0.15, -0.1) is 0 Å². The molecule has 3 N–H and O–H groups in total. The molecule has 0 unspecified atom stereocenters. The monoisotopic (exact) mass is 268 g/mol. The van der Waals surface area contributed by atoms with Crippen LogP contribution in [0, 0.1) is 0 Å². The second-order valence-corrected chi connectivity index (χ2v) is 4.57. The summed E-state index contributed by atoms with van der Waals surface area (Å²) in [6, 6.07) is -1.27. The summed E-state index contributed by atoms with van der Waals surface area (Å²) < 4.78 is 30.4. The van der Waals surface area contributed by atoms with Crippen LogP contribution in [0.15, 0.2) is 0 Å². The van der Waals surface area contributed by atoms with E-state index >= 15 is 0 Å². The lowest BCUT2D eigenvalue weighted by Crippen LogP contribution is -2.48. The summed E-state index contributed by atoms with van der Waals surface area (Å²) in [4.78, 5) is 21.6. The van der Waals surface area contributed by atoms with E-state index in [1.165, 1.54) is 11.6 Å². The first-order valence-corrected chi connectivity index (χ1v) is 6.50. The van der Waals surface area contributed by atoms with E-state index in [1.807, 2.05) is 4.72 Å². The van der Waals surface area contributed by atoms with Crippen molar-refractivity contribution in [1.29, 1.82) is 0 Å². The Morgan fingerprint density at radius 1 is 1.35 bits per heavy atom. The zero-order chi connectivity index (χ0) is 13.5. The minimum absolute atomic E-state index is 0.0126. The number of aliphatic carboxylic acids is 1. The lowest BCUT2D eigenvalue weighted by molar-refractivity contribution is -0.139. The Bertz CT molecular complexity index is 366. The molecule has 0 bridgehead atoms. The smallest absolute Gasteiger partial charge is 0.421 e. The Labute approximate surface area is 99.5 Å². The summed E-state index contributed by atoms with van der Waals surface area (Å²) in [5.41, 5.74) is 0. The molecule has 17 heavy (non-hydrogen) atoms. The highest BCUT2D eigenvalue weighted by atomic mass is 32.2. The number of carbonyl (C=O) groups is 2. The zero-order valence-electron chi connectivity index (χ0n) is 9.60. The van der Waals surface area contributed by atoms with E-state index in [2.05, 4.69) is 4.74 Å². The Kier molecular flexibility index (Phi) is 6.51. The minimum Gasteiger partial charge on any atom is -0.480 e. The van der Waals surface area contributed by atoms with Crippen molar-refractivity contribution < 1.29 is 27.9 Å². The molecule has 8 nitrogen and oxygen atoms in total. The Balaban J connectivity index is 4.50. The third-order valence-corrected chi connectivity index (χ3v) is 2.70. The molecule has 100 valence electrons. The van der Waals surface area contributed by atoms with Gasteiger partial charge in [-0.05, 0) is 13.3 Å². The number of hydrogen-bond acceptors (Lipinski definition) is 5. The van der Waals surface area contributed by atoms with Crippen molar-refractivity contribution >= 4 is 22.3 Å². The third-order valence-electron chi connectivity index (χ3n) is 1.67. The summed E-state index contributed by atoms with van der Waals surface area (Å²) in [6.07, 6.45) is -0.543. The fourth-order valence-electron chi connectivity index (χ4n) is 1.01. The number of amides is 1. The van der Waals surface area contributed by atoms with Crippen molar-refractivity contribution in [2.75, 3.05) is 6.61 Å². The van der Waals surface area contributed by atoms with Gasteiger partial charge in [-0.25, -0.2) is 9.52 Å². The summed E-state index contributed by atoms with van der Waals surface area (Å²) in [6.45, 7) is 3.23. The van der Waals surface area contributed by atoms with Crippen molar-refractivity contribution in [3.05, 3.63) is 0 Å². The van der Waals surface area contributed by atoms with Crippen LogP contribution in [0.2, 0.25) is 0 Å². The lowest BCUT2D eigenvalue weighted by atomic mass is 10.2. The van der Waals surface area contributed by atoms with Gasteiger partial charge in [-0.2, -0.15) is 13.1 Å². The molecule has 0 radical (unpaired) electrons. The van der Waals surface area contributed by atoms with Crippen LogP contribution >= 0.6 is 0 Å². The Hall–Kier alpha value is -1.35. The SMILES string of the molecule is CCC[C@H](NS(=O)(=O)NC(=O)OCC)C(=O)O. The number of hydrogen-bond donors (Lipinski definition) is 3. The quantitative estimate of drug-likeness (QED) is 0.588. The predicted molar refractivity (Wildman–Crippen MR) is 58.5 cm³/mol. The molecule has 1 amide bonds. The molecule has 0 aliphatic rings. The van der Waals surface area contributed by atoms with Gasteiger partial charge in [0.2, 0.25) is 0 Å². The first-order chi connectivity index (χ1) is 7.82. The normalized spacial score (nSPS) is 12.8. The molecule has 9 heteroatoms. The van der Waals surface area contributed by atoms with Gasteiger partial charge in [-0.1, -0.05) is 13.3 Å². The maximum Gasteiger partial charge on any atom is 0.421 e. The lowest BCUT2D eigenvalue weighted by Gasteiger charge is -2.13. The number of carboxylic acids is 1. The average Bonchev–Trinajstić information content (AvgIpc) is 2.15. The zero-order valence-corrected chi connectivity index (χ0v) is 10.4. The van der Waals surface area contributed by atoms with E-state index in [-0.39, 0.29) is 13.0 Å². The van der Waals surface area contributed by atoms with Gasteiger partial charge in [-0.3, -0.25) is 4.79 Å². The van der Waals surface area contributed by atoms with E-state index in [0.717, 1.165) is 0 Å². The van der Waals surface area contributed by atoms with E-state index in [1.54, 1.807) is 6.92 Å². The number of carboxylic acid groups (broad SMARTS) is 1. The molecular formula is C8H16N2O6S.